The number of hydrogen-bond donors (Lipinski definition) is 0. The number of methoxy groups -OCH3 is 1. The third kappa shape index (κ3) is 3.45. The summed E-state index contributed by atoms with van der Waals surface area (Å²) in [6.07, 6.45) is 2.23. The third-order valence-corrected chi connectivity index (χ3v) is 5.32. The van der Waals surface area contributed by atoms with E-state index in [0.29, 0.717) is 34.9 Å². The topological polar surface area (TPSA) is 48.5 Å². The normalized spacial score (nSPS) is 14.5. The lowest BCUT2D eigenvalue weighted by Gasteiger charge is -2.15. The molecule has 0 atom stereocenters. The van der Waals surface area contributed by atoms with Gasteiger partial charge in [-0.1, -0.05) is 11.6 Å². The second-order valence-corrected chi connectivity index (χ2v) is 7.14. The SMILES string of the molecule is COC(=S)Cc1cc(N=c2sc(=O)n3n2CCCC3)c(F)cc1Cl. The first kappa shape index (κ1) is 17.3. The summed E-state index contributed by atoms with van der Waals surface area (Å²) in [5.74, 6) is -0.539. The van der Waals surface area contributed by atoms with Gasteiger partial charge in [-0.25, -0.2) is 14.1 Å². The molecular weight excluding hydrogens is 373 g/mol. The molecule has 2 heterocycles. The van der Waals surface area contributed by atoms with E-state index in [1.165, 1.54) is 13.2 Å². The van der Waals surface area contributed by atoms with Gasteiger partial charge in [-0.05, 0) is 54.1 Å². The summed E-state index contributed by atoms with van der Waals surface area (Å²) in [7, 11) is 1.48. The van der Waals surface area contributed by atoms with Crippen molar-refractivity contribution in [3.8, 4) is 0 Å². The van der Waals surface area contributed by atoms with Crippen LogP contribution in [0.1, 0.15) is 18.4 Å². The predicted octanol–water partition coefficient (Wildman–Crippen LogP) is 3.05. The maximum absolute atomic E-state index is 14.2. The first-order chi connectivity index (χ1) is 11.5. The van der Waals surface area contributed by atoms with Crippen LogP contribution in [0.5, 0.6) is 0 Å². The Hall–Kier alpha value is -1.51. The lowest BCUT2D eigenvalue weighted by molar-refractivity contribution is 0.345. The van der Waals surface area contributed by atoms with Crippen LogP contribution in [0, 0.1) is 5.82 Å². The van der Waals surface area contributed by atoms with Crippen molar-refractivity contribution in [1.82, 2.24) is 9.36 Å². The summed E-state index contributed by atoms with van der Waals surface area (Å²) < 4.78 is 22.7. The van der Waals surface area contributed by atoms with E-state index in [2.05, 4.69) is 4.99 Å². The number of ether oxygens (including phenoxy) is 1. The number of nitrogens with zero attached hydrogens (tertiary/aromatic N) is 3. The molecule has 0 saturated carbocycles. The number of halogens is 2. The molecule has 5 nitrogen and oxygen atoms in total. The Balaban J connectivity index is 2.08. The van der Waals surface area contributed by atoms with E-state index < -0.39 is 5.82 Å². The monoisotopic (exact) mass is 387 g/mol. The van der Waals surface area contributed by atoms with Gasteiger partial charge in [0.05, 0.1) is 7.11 Å². The van der Waals surface area contributed by atoms with Crippen LogP contribution in [0.25, 0.3) is 0 Å². The fraction of sp³-hybridized carbons (Fsp3) is 0.400. The zero-order valence-electron chi connectivity index (χ0n) is 12.9. The van der Waals surface area contributed by atoms with Crippen LogP contribution in [-0.4, -0.2) is 21.5 Å². The molecule has 1 aromatic heterocycles. The predicted molar refractivity (Wildman–Crippen MR) is 95.7 cm³/mol. The van der Waals surface area contributed by atoms with Crippen LogP contribution >= 0.6 is 35.2 Å². The fourth-order valence-corrected chi connectivity index (χ4v) is 3.81. The molecule has 0 bridgehead atoms. The number of fused-ring (bicyclic) bond motifs is 1. The van der Waals surface area contributed by atoms with Crippen LogP contribution in [0.4, 0.5) is 10.1 Å². The summed E-state index contributed by atoms with van der Waals surface area (Å²) in [5, 5.41) is 0.625. The molecule has 128 valence electrons. The first-order valence-electron chi connectivity index (χ1n) is 7.40. The second-order valence-electron chi connectivity index (χ2n) is 5.36. The maximum Gasteiger partial charge on any atom is 0.325 e. The Labute approximate surface area is 152 Å². The molecule has 0 N–H and O–H groups in total. The van der Waals surface area contributed by atoms with Gasteiger partial charge < -0.3 is 4.74 Å². The lowest BCUT2D eigenvalue weighted by atomic mass is 10.1. The van der Waals surface area contributed by atoms with E-state index in [0.717, 1.165) is 24.2 Å². The van der Waals surface area contributed by atoms with Gasteiger partial charge in [0.1, 0.15) is 11.5 Å². The van der Waals surface area contributed by atoms with Crippen LogP contribution in [0.3, 0.4) is 0 Å². The molecule has 3 rings (SSSR count). The van der Waals surface area contributed by atoms with Gasteiger partial charge in [-0.15, -0.1) is 0 Å². The van der Waals surface area contributed by atoms with Gasteiger partial charge in [0.25, 0.3) is 0 Å². The molecule has 9 heteroatoms. The van der Waals surface area contributed by atoms with E-state index in [4.69, 9.17) is 28.6 Å². The van der Waals surface area contributed by atoms with Crippen molar-refractivity contribution in [3.63, 3.8) is 0 Å². The lowest BCUT2D eigenvalue weighted by Crippen LogP contribution is -2.31. The van der Waals surface area contributed by atoms with Crippen LogP contribution in [0.2, 0.25) is 5.02 Å². The highest BCUT2D eigenvalue weighted by molar-refractivity contribution is 7.80. The molecule has 0 aliphatic carbocycles. The minimum atomic E-state index is -0.539. The molecule has 0 fully saturated rings. The molecule has 0 radical (unpaired) electrons. The third-order valence-electron chi connectivity index (χ3n) is 3.79. The van der Waals surface area contributed by atoms with Gasteiger partial charge in [-0.3, -0.25) is 9.48 Å². The van der Waals surface area contributed by atoms with Crippen molar-refractivity contribution in [1.29, 1.82) is 0 Å². The highest BCUT2D eigenvalue weighted by atomic mass is 35.5. The summed E-state index contributed by atoms with van der Waals surface area (Å²) in [6, 6.07) is 2.76. The van der Waals surface area contributed by atoms with Crippen molar-refractivity contribution in [2.24, 2.45) is 4.99 Å². The van der Waals surface area contributed by atoms with Crippen molar-refractivity contribution < 1.29 is 9.13 Å². The van der Waals surface area contributed by atoms with Crippen LogP contribution < -0.4 is 9.67 Å². The Morgan fingerprint density at radius 1 is 1.42 bits per heavy atom. The molecule has 1 aliphatic heterocycles. The smallest absolute Gasteiger partial charge is 0.325 e. The highest BCUT2D eigenvalue weighted by Gasteiger charge is 2.15. The Bertz CT molecular complexity index is 916. The number of thiocarbonyl (C=S) groups is 1. The van der Waals surface area contributed by atoms with E-state index in [-0.39, 0.29) is 15.6 Å². The number of rotatable bonds is 3. The average molecular weight is 388 g/mol. The largest absolute Gasteiger partial charge is 0.490 e. The minimum absolute atomic E-state index is 0.0800. The van der Waals surface area contributed by atoms with Crippen LogP contribution in [0.15, 0.2) is 21.9 Å². The number of aromatic nitrogens is 2. The van der Waals surface area contributed by atoms with Crippen molar-refractivity contribution in [2.45, 2.75) is 32.4 Å². The molecule has 0 amide bonds. The molecule has 0 unspecified atom stereocenters. The zero-order chi connectivity index (χ0) is 17.3. The van der Waals surface area contributed by atoms with Gasteiger partial charge in [0, 0.05) is 24.5 Å². The summed E-state index contributed by atoms with van der Waals surface area (Å²) >= 11 is 12.1. The molecular formula is C15H15ClFN3O2S2. The number of hydrogen-bond acceptors (Lipinski definition) is 5. The van der Waals surface area contributed by atoms with Crippen molar-refractivity contribution in [2.75, 3.05) is 7.11 Å². The maximum atomic E-state index is 14.2. The molecule has 1 aromatic carbocycles. The van der Waals surface area contributed by atoms with E-state index in [1.807, 2.05) is 4.68 Å². The second kappa shape index (κ2) is 7.16. The van der Waals surface area contributed by atoms with Gasteiger partial charge in [0.2, 0.25) is 4.80 Å². The molecule has 0 spiro atoms. The fourth-order valence-electron chi connectivity index (χ4n) is 2.55. The average Bonchev–Trinajstić information content (AvgIpc) is 2.88. The number of benzene rings is 1. The van der Waals surface area contributed by atoms with E-state index in [1.54, 1.807) is 10.7 Å². The zero-order valence-corrected chi connectivity index (χ0v) is 15.3. The quantitative estimate of drug-likeness (QED) is 0.760. The molecule has 0 saturated heterocycles. The summed E-state index contributed by atoms with van der Waals surface area (Å²) in [4.78, 5) is 16.8. The van der Waals surface area contributed by atoms with Crippen LogP contribution in [-0.2, 0) is 24.2 Å². The highest BCUT2D eigenvalue weighted by Crippen LogP contribution is 2.27. The summed E-state index contributed by atoms with van der Waals surface area (Å²) in [5.41, 5.74) is 0.769. The van der Waals surface area contributed by atoms with Crippen molar-refractivity contribution >= 4 is 45.9 Å². The minimum Gasteiger partial charge on any atom is -0.490 e. The standard InChI is InChI=1S/C15H15ClFN3O2S2/c1-22-13(23)7-9-6-12(11(17)8-10(9)16)18-14-19-4-2-3-5-20(19)15(21)24-14/h6,8H,2-5,7H2,1H3. The van der Waals surface area contributed by atoms with Gasteiger partial charge >= 0.3 is 4.87 Å². The molecule has 24 heavy (non-hydrogen) atoms. The van der Waals surface area contributed by atoms with E-state index >= 15 is 0 Å². The molecule has 2 aromatic rings. The van der Waals surface area contributed by atoms with E-state index in [9.17, 15) is 9.18 Å². The molecule has 1 aliphatic rings. The van der Waals surface area contributed by atoms with Gasteiger partial charge in [0.15, 0.2) is 5.05 Å². The Morgan fingerprint density at radius 2 is 2.12 bits per heavy atom. The Morgan fingerprint density at radius 3 is 2.83 bits per heavy atom. The van der Waals surface area contributed by atoms with Gasteiger partial charge in [-0.2, -0.15) is 0 Å². The summed E-state index contributed by atoms with van der Waals surface area (Å²) in [6.45, 7) is 1.37. The van der Waals surface area contributed by atoms with Crippen molar-refractivity contribution in [3.05, 3.63) is 43.0 Å². The Kier molecular flexibility index (Phi) is 5.17. The first-order valence-corrected chi connectivity index (χ1v) is 9.00.